The van der Waals surface area contributed by atoms with Gasteiger partial charge in [-0.3, -0.25) is 13.9 Å². The molecule has 0 unspecified atom stereocenters. The maximum Gasteiger partial charge on any atom is 0.329 e. The Morgan fingerprint density at radius 2 is 1.85 bits per heavy atom. The number of imidazole rings is 1. The second kappa shape index (κ2) is 4.31. The van der Waals surface area contributed by atoms with E-state index in [0.717, 1.165) is 17.6 Å². The average Bonchev–Trinajstić information content (AvgIpc) is 2.92. The van der Waals surface area contributed by atoms with Gasteiger partial charge in [0.15, 0.2) is 17.8 Å². The molecule has 7 nitrogen and oxygen atoms in total. The molecule has 0 amide bonds. The number of rotatable bonds is 2. The fourth-order valence-corrected chi connectivity index (χ4v) is 3.13. The van der Waals surface area contributed by atoms with Crippen LogP contribution in [0, 0.1) is 0 Å². The molecule has 0 atom stereocenters. The lowest BCUT2D eigenvalue weighted by Crippen LogP contribution is -2.45. The van der Waals surface area contributed by atoms with E-state index < -0.39 is 0 Å². The number of quaternary nitrogens is 1. The number of nitrogens with zero attached hydrogens (tertiary/aromatic N) is 5. The maximum absolute atomic E-state index is 12.6. The highest BCUT2D eigenvalue weighted by molar-refractivity contribution is 5.69. The molecule has 20 heavy (non-hydrogen) atoms. The highest BCUT2D eigenvalue weighted by atomic mass is 16.2. The van der Waals surface area contributed by atoms with Crippen molar-refractivity contribution >= 4 is 11.2 Å². The van der Waals surface area contributed by atoms with Crippen LogP contribution in [0.2, 0.25) is 0 Å². The Balaban J connectivity index is 2.15. The van der Waals surface area contributed by atoms with Gasteiger partial charge in [-0.25, -0.2) is 14.3 Å². The Hall–Kier alpha value is -1.89. The lowest BCUT2D eigenvalue weighted by molar-refractivity contribution is -0.919. The molecule has 3 heterocycles. The number of aryl methyl sites for hydroxylation is 2. The zero-order chi connectivity index (χ0) is 14.5. The third-order valence-corrected chi connectivity index (χ3v) is 4.36. The maximum atomic E-state index is 12.6. The van der Waals surface area contributed by atoms with Crippen molar-refractivity contribution in [3.8, 4) is 0 Å². The minimum atomic E-state index is -0.219. The molecular formula is C13H20N5O2+. The smallest absolute Gasteiger partial charge is 0.309 e. The van der Waals surface area contributed by atoms with Crippen LogP contribution in [-0.2, 0) is 20.8 Å². The van der Waals surface area contributed by atoms with Crippen LogP contribution < -0.4 is 11.2 Å². The molecule has 1 fully saturated rings. The SMILES string of the molecule is Cn1c(=O)n(C)c2c(=O)n(C[N+]3(C)CCCC3)cnc21. The van der Waals surface area contributed by atoms with Gasteiger partial charge < -0.3 is 4.48 Å². The number of likely N-dealkylation sites (tertiary alicyclic amines) is 1. The first-order valence-electron chi connectivity index (χ1n) is 6.87. The molecule has 0 N–H and O–H groups in total. The summed E-state index contributed by atoms with van der Waals surface area (Å²) in [5.74, 6) is 0. The number of hydrogen-bond acceptors (Lipinski definition) is 3. The van der Waals surface area contributed by atoms with Crippen molar-refractivity contribution in [2.75, 3.05) is 20.1 Å². The van der Waals surface area contributed by atoms with Gasteiger partial charge in [0.05, 0.1) is 20.1 Å². The molecule has 0 saturated carbocycles. The van der Waals surface area contributed by atoms with Gasteiger partial charge in [0.2, 0.25) is 0 Å². The summed E-state index contributed by atoms with van der Waals surface area (Å²) in [6.07, 6.45) is 3.96. The molecule has 3 rings (SSSR count). The van der Waals surface area contributed by atoms with Crippen LogP contribution in [0.3, 0.4) is 0 Å². The number of fused-ring (bicyclic) bond motifs is 1. The van der Waals surface area contributed by atoms with Gasteiger partial charge in [0.25, 0.3) is 5.56 Å². The van der Waals surface area contributed by atoms with E-state index in [2.05, 4.69) is 12.0 Å². The van der Waals surface area contributed by atoms with E-state index in [1.807, 2.05) is 0 Å². The van der Waals surface area contributed by atoms with E-state index in [-0.39, 0.29) is 11.2 Å². The van der Waals surface area contributed by atoms with Crippen LogP contribution in [0.5, 0.6) is 0 Å². The van der Waals surface area contributed by atoms with Crippen LogP contribution in [0.25, 0.3) is 11.2 Å². The lowest BCUT2D eigenvalue weighted by atomic mass is 10.4. The van der Waals surface area contributed by atoms with Crippen molar-refractivity contribution in [2.45, 2.75) is 19.5 Å². The minimum absolute atomic E-state index is 0.138. The van der Waals surface area contributed by atoms with Crippen molar-refractivity contribution in [3.05, 3.63) is 27.2 Å². The standard InChI is InChI=1S/C13H20N5O2/c1-15-10-11(16(2)13(15)20)14-8-17(12(10)19)9-18(3)6-4-5-7-18/h8H,4-7,9H2,1-3H3/q+1. The average molecular weight is 278 g/mol. The van der Waals surface area contributed by atoms with Crippen molar-refractivity contribution in [1.82, 2.24) is 18.7 Å². The molecule has 0 spiro atoms. The monoisotopic (exact) mass is 278 g/mol. The molecule has 0 aromatic carbocycles. The summed E-state index contributed by atoms with van der Waals surface area (Å²) in [6, 6.07) is 0. The Morgan fingerprint density at radius 1 is 1.20 bits per heavy atom. The fourth-order valence-electron chi connectivity index (χ4n) is 3.13. The second-order valence-electron chi connectivity index (χ2n) is 6.01. The third kappa shape index (κ3) is 1.81. The molecule has 7 heteroatoms. The normalized spacial score (nSPS) is 17.9. The first kappa shape index (κ1) is 13.1. The molecule has 108 valence electrons. The molecule has 0 aliphatic carbocycles. The molecule has 0 bridgehead atoms. The Bertz CT molecular complexity index is 776. The zero-order valence-electron chi connectivity index (χ0n) is 12.2. The first-order valence-corrected chi connectivity index (χ1v) is 6.87. The van der Waals surface area contributed by atoms with E-state index in [9.17, 15) is 9.59 Å². The van der Waals surface area contributed by atoms with Gasteiger partial charge in [0.1, 0.15) is 6.33 Å². The quantitative estimate of drug-likeness (QED) is 0.704. The van der Waals surface area contributed by atoms with E-state index in [1.54, 1.807) is 25.0 Å². The molecule has 1 saturated heterocycles. The van der Waals surface area contributed by atoms with Crippen LogP contribution in [-0.4, -0.2) is 43.3 Å². The van der Waals surface area contributed by atoms with Crippen molar-refractivity contribution in [3.63, 3.8) is 0 Å². The van der Waals surface area contributed by atoms with E-state index in [4.69, 9.17) is 0 Å². The summed E-state index contributed by atoms with van der Waals surface area (Å²) in [7, 11) is 5.41. The van der Waals surface area contributed by atoms with Crippen LogP contribution in [0.4, 0.5) is 0 Å². The van der Waals surface area contributed by atoms with Gasteiger partial charge in [-0.05, 0) is 0 Å². The zero-order valence-corrected chi connectivity index (χ0v) is 12.2. The first-order chi connectivity index (χ1) is 9.43. The molecule has 2 aromatic heterocycles. The predicted molar refractivity (Wildman–Crippen MR) is 75.4 cm³/mol. The Morgan fingerprint density at radius 3 is 2.50 bits per heavy atom. The van der Waals surface area contributed by atoms with Gasteiger partial charge in [0, 0.05) is 26.9 Å². The lowest BCUT2D eigenvalue weighted by Gasteiger charge is -2.29. The Labute approximate surface area is 116 Å². The summed E-state index contributed by atoms with van der Waals surface area (Å²) in [6.45, 7) is 2.78. The largest absolute Gasteiger partial charge is 0.329 e. The van der Waals surface area contributed by atoms with Gasteiger partial charge >= 0.3 is 5.69 Å². The van der Waals surface area contributed by atoms with Crippen molar-refractivity contribution < 1.29 is 4.48 Å². The molecule has 0 radical (unpaired) electrons. The summed E-state index contributed by atoms with van der Waals surface area (Å²) in [5.41, 5.74) is 0.471. The van der Waals surface area contributed by atoms with Crippen molar-refractivity contribution in [1.29, 1.82) is 0 Å². The minimum Gasteiger partial charge on any atom is -0.309 e. The van der Waals surface area contributed by atoms with Crippen LogP contribution in [0.1, 0.15) is 12.8 Å². The summed E-state index contributed by atoms with van der Waals surface area (Å²) < 4.78 is 5.28. The molecular weight excluding hydrogens is 258 g/mol. The molecule has 2 aromatic rings. The number of aromatic nitrogens is 4. The highest BCUT2D eigenvalue weighted by Gasteiger charge is 2.28. The van der Waals surface area contributed by atoms with E-state index in [0.29, 0.717) is 17.8 Å². The third-order valence-electron chi connectivity index (χ3n) is 4.36. The van der Waals surface area contributed by atoms with E-state index >= 15 is 0 Å². The number of hydrogen-bond donors (Lipinski definition) is 0. The fraction of sp³-hybridized carbons (Fsp3) is 0.615. The van der Waals surface area contributed by atoms with Gasteiger partial charge in [-0.2, -0.15) is 0 Å². The summed E-state index contributed by atoms with van der Waals surface area (Å²) >= 11 is 0. The van der Waals surface area contributed by atoms with Gasteiger partial charge in [-0.15, -0.1) is 0 Å². The van der Waals surface area contributed by atoms with Crippen molar-refractivity contribution in [2.24, 2.45) is 14.1 Å². The highest BCUT2D eigenvalue weighted by Crippen LogP contribution is 2.17. The summed E-state index contributed by atoms with van der Waals surface area (Å²) in [5, 5.41) is 0. The van der Waals surface area contributed by atoms with Gasteiger partial charge in [-0.1, -0.05) is 0 Å². The molecule has 1 aliphatic heterocycles. The Kier molecular flexibility index (Phi) is 2.82. The second-order valence-corrected chi connectivity index (χ2v) is 6.01. The topological polar surface area (TPSA) is 61.8 Å². The summed E-state index contributed by atoms with van der Waals surface area (Å²) in [4.78, 5) is 28.8. The molecule has 1 aliphatic rings. The van der Waals surface area contributed by atoms with Crippen LogP contribution >= 0.6 is 0 Å². The predicted octanol–water partition coefficient (Wildman–Crippen LogP) is -0.368. The van der Waals surface area contributed by atoms with Crippen LogP contribution in [0.15, 0.2) is 15.9 Å². The van der Waals surface area contributed by atoms with E-state index in [1.165, 1.54) is 22.0 Å².